The van der Waals surface area contributed by atoms with E-state index in [1.807, 2.05) is 0 Å². The number of anilines is 1. The van der Waals surface area contributed by atoms with Crippen LogP contribution < -0.4 is 10.6 Å². The molecule has 1 unspecified atom stereocenters. The second-order valence-corrected chi connectivity index (χ2v) is 5.67. The molecular formula is C19H28N2. The zero-order valence-corrected chi connectivity index (χ0v) is 13.4. The van der Waals surface area contributed by atoms with Gasteiger partial charge in [0.25, 0.3) is 0 Å². The zero-order chi connectivity index (χ0) is 15.1. The number of fused-ring (bicyclic) bond motifs is 1. The van der Waals surface area contributed by atoms with Gasteiger partial charge in [-0.15, -0.1) is 0 Å². The van der Waals surface area contributed by atoms with Crippen LogP contribution in [-0.4, -0.2) is 19.1 Å². The predicted octanol–water partition coefficient (Wildman–Crippen LogP) is 4.57. The van der Waals surface area contributed by atoms with E-state index in [0.717, 1.165) is 13.1 Å². The van der Waals surface area contributed by atoms with Crippen LogP contribution in [0.3, 0.4) is 0 Å². The van der Waals surface area contributed by atoms with Crippen LogP contribution >= 0.6 is 0 Å². The molecule has 2 nitrogen and oxygen atoms in total. The van der Waals surface area contributed by atoms with Gasteiger partial charge in [0.15, 0.2) is 0 Å². The minimum Gasteiger partial charge on any atom is -0.367 e. The molecule has 0 aromatic heterocycles. The van der Waals surface area contributed by atoms with Crippen molar-refractivity contribution in [3.05, 3.63) is 42.5 Å². The summed E-state index contributed by atoms with van der Waals surface area (Å²) in [5.74, 6) is 0. The van der Waals surface area contributed by atoms with Crippen LogP contribution in [0.25, 0.3) is 10.8 Å². The number of nitrogens with zero attached hydrogens (tertiary/aromatic N) is 1. The first-order chi connectivity index (χ1) is 10.3. The molecule has 2 rings (SSSR count). The van der Waals surface area contributed by atoms with E-state index in [2.05, 4.69) is 61.2 Å². The summed E-state index contributed by atoms with van der Waals surface area (Å²) < 4.78 is 0. The molecule has 21 heavy (non-hydrogen) atoms. The Kier molecular flexibility index (Phi) is 6.06. The highest BCUT2D eigenvalue weighted by atomic mass is 15.2. The Morgan fingerprint density at radius 1 is 1.00 bits per heavy atom. The minimum absolute atomic E-state index is 0.437. The molecule has 0 radical (unpaired) electrons. The van der Waals surface area contributed by atoms with Crippen molar-refractivity contribution in [1.29, 1.82) is 0 Å². The first-order valence-electron chi connectivity index (χ1n) is 8.26. The van der Waals surface area contributed by atoms with Gasteiger partial charge in [-0.1, -0.05) is 62.6 Å². The van der Waals surface area contributed by atoms with Gasteiger partial charge in [0.1, 0.15) is 0 Å². The van der Waals surface area contributed by atoms with E-state index in [1.165, 1.54) is 42.1 Å². The number of hydrogen-bond donors (Lipinski definition) is 1. The summed E-state index contributed by atoms with van der Waals surface area (Å²) >= 11 is 0. The van der Waals surface area contributed by atoms with Crippen molar-refractivity contribution in [3.8, 4) is 0 Å². The van der Waals surface area contributed by atoms with Gasteiger partial charge < -0.3 is 10.6 Å². The summed E-state index contributed by atoms with van der Waals surface area (Å²) in [5, 5.41) is 2.63. The average molecular weight is 284 g/mol. The maximum atomic E-state index is 6.07. The standard InChI is InChI=1S/C19H28N2/c1-3-5-6-12-17(15-20)21(4-2)19-14-9-11-16-10-7-8-13-18(16)19/h7-11,13-14,17H,3-6,12,15,20H2,1-2H3. The van der Waals surface area contributed by atoms with Crippen molar-refractivity contribution in [2.24, 2.45) is 5.73 Å². The van der Waals surface area contributed by atoms with Crippen LogP contribution in [0.4, 0.5) is 5.69 Å². The maximum absolute atomic E-state index is 6.07. The van der Waals surface area contributed by atoms with Gasteiger partial charge in [-0.3, -0.25) is 0 Å². The zero-order valence-electron chi connectivity index (χ0n) is 13.4. The van der Waals surface area contributed by atoms with Crippen molar-refractivity contribution < 1.29 is 0 Å². The summed E-state index contributed by atoms with van der Waals surface area (Å²) in [6.07, 6.45) is 5.00. The fraction of sp³-hybridized carbons (Fsp3) is 0.474. The molecule has 0 spiro atoms. The minimum atomic E-state index is 0.437. The highest BCUT2D eigenvalue weighted by molar-refractivity contribution is 5.94. The van der Waals surface area contributed by atoms with Gasteiger partial charge in [-0.25, -0.2) is 0 Å². The molecule has 1 atom stereocenters. The molecule has 2 aromatic carbocycles. The highest BCUT2D eigenvalue weighted by Crippen LogP contribution is 2.28. The third kappa shape index (κ3) is 3.76. The molecule has 0 saturated carbocycles. The van der Waals surface area contributed by atoms with Gasteiger partial charge in [-0.05, 0) is 24.8 Å². The van der Waals surface area contributed by atoms with Crippen LogP contribution in [0.5, 0.6) is 0 Å². The van der Waals surface area contributed by atoms with Crippen LogP contribution in [0.15, 0.2) is 42.5 Å². The number of nitrogens with two attached hydrogens (primary N) is 1. The average Bonchev–Trinajstić information content (AvgIpc) is 2.54. The fourth-order valence-corrected chi connectivity index (χ4v) is 3.11. The summed E-state index contributed by atoms with van der Waals surface area (Å²) in [6.45, 7) is 6.20. The molecule has 2 N–H and O–H groups in total. The molecule has 0 aliphatic heterocycles. The molecule has 114 valence electrons. The predicted molar refractivity (Wildman–Crippen MR) is 94.0 cm³/mol. The fourth-order valence-electron chi connectivity index (χ4n) is 3.11. The lowest BCUT2D eigenvalue weighted by Gasteiger charge is -2.33. The summed E-state index contributed by atoms with van der Waals surface area (Å²) in [7, 11) is 0. The Labute approximate surface area is 128 Å². The Morgan fingerprint density at radius 2 is 1.76 bits per heavy atom. The molecule has 2 aromatic rings. The van der Waals surface area contributed by atoms with Gasteiger partial charge in [0, 0.05) is 30.2 Å². The van der Waals surface area contributed by atoms with Crippen molar-refractivity contribution in [3.63, 3.8) is 0 Å². The number of benzene rings is 2. The van der Waals surface area contributed by atoms with E-state index >= 15 is 0 Å². The molecule has 0 heterocycles. The number of unbranched alkanes of at least 4 members (excludes halogenated alkanes) is 2. The summed E-state index contributed by atoms with van der Waals surface area (Å²) in [6, 6.07) is 15.6. The van der Waals surface area contributed by atoms with E-state index in [0.29, 0.717) is 6.04 Å². The van der Waals surface area contributed by atoms with Crippen LogP contribution in [0.1, 0.15) is 39.5 Å². The lowest BCUT2D eigenvalue weighted by Crippen LogP contribution is -2.40. The second-order valence-electron chi connectivity index (χ2n) is 5.67. The quantitative estimate of drug-likeness (QED) is 0.719. The lowest BCUT2D eigenvalue weighted by atomic mass is 10.0. The number of likely N-dealkylation sites (N-methyl/N-ethyl adjacent to an activating group) is 1. The maximum Gasteiger partial charge on any atom is 0.0448 e. The molecule has 0 bridgehead atoms. The van der Waals surface area contributed by atoms with Gasteiger partial charge in [0.2, 0.25) is 0 Å². The molecule has 0 saturated heterocycles. The van der Waals surface area contributed by atoms with E-state index in [9.17, 15) is 0 Å². The monoisotopic (exact) mass is 284 g/mol. The first kappa shape index (κ1) is 15.8. The SMILES string of the molecule is CCCCCC(CN)N(CC)c1cccc2ccccc12. The van der Waals surface area contributed by atoms with E-state index in [4.69, 9.17) is 5.73 Å². The normalized spacial score (nSPS) is 12.5. The second kappa shape index (κ2) is 8.04. The number of hydrogen-bond acceptors (Lipinski definition) is 2. The van der Waals surface area contributed by atoms with Crippen molar-refractivity contribution in [1.82, 2.24) is 0 Å². The van der Waals surface area contributed by atoms with Crippen molar-refractivity contribution >= 4 is 16.5 Å². The van der Waals surface area contributed by atoms with Crippen molar-refractivity contribution in [2.45, 2.75) is 45.6 Å². The van der Waals surface area contributed by atoms with Crippen LogP contribution in [-0.2, 0) is 0 Å². The topological polar surface area (TPSA) is 29.3 Å². The molecule has 0 fully saturated rings. The number of rotatable bonds is 8. The Balaban J connectivity index is 2.29. The molecule has 0 aliphatic carbocycles. The molecule has 2 heteroatoms. The Bertz CT molecular complexity index is 545. The van der Waals surface area contributed by atoms with Gasteiger partial charge in [-0.2, -0.15) is 0 Å². The third-order valence-corrected chi connectivity index (χ3v) is 4.27. The molecular weight excluding hydrogens is 256 g/mol. The summed E-state index contributed by atoms with van der Waals surface area (Å²) in [4.78, 5) is 2.48. The highest BCUT2D eigenvalue weighted by Gasteiger charge is 2.17. The third-order valence-electron chi connectivity index (χ3n) is 4.27. The largest absolute Gasteiger partial charge is 0.367 e. The lowest BCUT2D eigenvalue weighted by molar-refractivity contribution is 0.529. The summed E-state index contributed by atoms with van der Waals surface area (Å²) in [5.41, 5.74) is 7.39. The van der Waals surface area contributed by atoms with Gasteiger partial charge >= 0.3 is 0 Å². The van der Waals surface area contributed by atoms with Crippen LogP contribution in [0, 0.1) is 0 Å². The first-order valence-corrected chi connectivity index (χ1v) is 8.26. The molecule has 0 amide bonds. The molecule has 0 aliphatic rings. The van der Waals surface area contributed by atoms with E-state index < -0.39 is 0 Å². The van der Waals surface area contributed by atoms with Crippen LogP contribution in [0.2, 0.25) is 0 Å². The Hall–Kier alpha value is -1.54. The van der Waals surface area contributed by atoms with E-state index in [1.54, 1.807) is 0 Å². The smallest absolute Gasteiger partial charge is 0.0448 e. The van der Waals surface area contributed by atoms with Gasteiger partial charge in [0.05, 0.1) is 0 Å². The Morgan fingerprint density at radius 3 is 2.48 bits per heavy atom. The van der Waals surface area contributed by atoms with E-state index in [-0.39, 0.29) is 0 Å². The van der Waals surface area contributed by atoms with Crippen molar-refractivity contribution in [2.75, 3.05) is 18.0 Å².